The highest BCUT2D eigenvalue weighted by atomic mass is 79.9. The number of rotatable bonds is 2. The van der Waals surface area contributed by atoms with E-state index in [2.05, 4.69) is 20.9 Å². The molecule has 3 nitrogen and oxygen atoms in total. The van der Waals surface area contributed by atoms with Gasteiger partial charge in [0, 0.05) is 28.5 Å². The minimum Gasteiger partial charge on any atom is -0.497 e. The molecule has 3 aromatic rings. The Kier molecular flexibility index (Phi) is 2.80. The summed E-state index contributed by atoms with van der Waals surface area (Å²) in [6.07, 6.45) is 3.95. The fourth-order valence-corrected chi connectivity index (χ4v) is 2.38. The molecule has 0 saturated heterocycles. The number of fused-ring (bicyclic) bond motifs is 1. The summed E-state index contributed by atoms with van der Waals surface area (Å²) >= 11 is 3.54. The summed E-state index contributed by atoms with van der Waals surface area (Å²) in [5.74, 6) is 0.812. The van der Waals surface area contributed by atoms with Crippen LogP contribution in [0.1, 0.15) is 0 Å². The lowest BCUT2D eigenvalue weighted by atomic mass is 10.2. The van der Waals surface area contributed by atoms with Crippen molar-refractivity contribution in [3.8, 4) is 17.0 Å². The number of aromatic nitrogens is 2. The van der Waals surface area contributed by atoms with E-state index >= 15 is 0 Å². The normalized spacial score (nSPS) is 10.8. The molecular formula is C14H11BrN2O. The highest BCUT2D eigenvalue weighted by Crippen LogP contribution is 2.27. The number of ether oxygens (including phenoxy) is 1. The minimum absolute atomic E-state index is 0.812. The van der Waals surface area contributed by atoms with Crippen LogP contribution in [-0.4, -0.2) is 16.5 Å². The molecule has 0 amide bonds. The summed E-state index contributed by atoms with van der Waals surface area (Å²) in [5, 5.41) is 0. The largest absolute Gasteiger partial charge is 0.497 e. The zero-order valence-electron chi connectivity index (χ0n) is 9.80. The molecule has 0 fully saturated rings. The van der Waals surface area contributed by atoms with E-state index in [1.807, 2.05) is 53.2 Å². The molecule has 0 bridgehead atoms. The quantitative estimate of drug-likeness (QED) is 0.720. The van der Waals surface area contributed by atoms with Crippen molar-refractivity contribution in [1.29, 1.82) is 0 Å². The van der Waals surface area contributed by atoms with Gasteiger partial charge in [-0.25, -0.2) is 4.98 Å². The maximum absolute atomic E-state index is 5.20. The third kappa shape index (κ3) is 1.88. The number of hydrogen-bond donors (Lipinski definition) is 0. The van der Waals surface area contributed by atoms with Crippen LogP contribution >= 0.6 is 15.9 Å². The first kappa shape index (κ1) is 11.3. The van der Waals surface area contributed by atoms with E-state index in [9.17, 15) is 0 Å². The van der Waals surface area contributed by atoms with Gasteiger partial charge in [0.25, 0.3) is 0 Å². The van der Waals surface area contributed by atoms with Gasteiger partial charge in [-0.15, -0.1) is 0 Å². The highest BCUT2D eigenvalue weighted by molar-refractivity contribution is 9.10. The van der Waals surface area contributed by atoms with E-state index in [1.54, 1.807) is 7.11 Å². The zero-order chi connectivity index (χ0) is 12.5. The average Bonchev–Trinajstić information content (AvgIpc) is 2.81. The Hall–Kier alpha value is -1.81. The lowest BCUT2D eigenvalue weighted by molar-refractivity contribution is 0.414. The summed E-state index contributed by atoms with van der Waals surface area (Å²) in [7, 11) is 1.66. The number of nitrogens with zero attached hydrogens (tertiary/aromatic N) is 2. The third-order valence-corrected chi connectivity index (χ3v) is 3.51. The SMILES string of the molecule is COc1ccn2cc(-c3ccccc3Br)nc2c1. The maximum atomic E-state index is 5.20. The Balaban J connectivity index is 2.17. The number of pyridine rings is 1. The van der Waals surface area contributed by atoms with Crippen molar-refractivity contribution in [3.63, 3.8) is 0 Å². The molecule has 3 rings (SSSR count). The number of imidazole rings is 1. The second-order valence-electron chi connectivity index (χ2n) is 3.94. The predicted octanol–water partition coefficient (Wildman–Crippen LogP) is 3.77. The zero-order valence-corrected chi connectivity index (χ0v) is 11.4. The van der Waals surface area contributed by atoms with E-state index in [0.29, 0.717) is 0 Å². The smallest absolute Gasteiger partial charge is 0.141 e. The number of halogens is 1. The lowest BCUT2D eigenvalue weighted by Crippen LogP contribution is -1.86. The molecule has 4 heteroatoms. The summed E-state index contributed by atoms with van der Waals surface area (Å²) in [6.45, 7) is 0. The second kappa shape index (κ2) is 4.46. The van der Waals surface area contributed by atoms with Crippen molar-refractivity contribution in [1.82, 2.24) is 9.38 Å². The van der Waals surface area contributed by atoms with E-state index in [1.165, 1.54) is 0 Å². The lowest BCUT2D eigenvalue weighted by Gasteiger charge is -1.98. The molecule has 0 aliphatic heterocycles. The molecule has 0 aliphatic carbocycles. The number of benzene rings is 1. The molecule has 18 heavy (non-hydrogen) atoms. The second-order valence-corrected chi connectivity index (χ2v) is 4.79. The van der Waals surface area contributed by atoms with Crippen LogP contribution < -0.4 is 4.74 Å². The summed E-state index contributed by atoms with van der Waals surface area (Å²) < 4.78 is 8.22. The van der Waals surface area contributed by atoms with Gasteiger partial charge < -0.3 is 9.14 Å². The molecule has 0 aliphatic rings. The molecule has 90 valence electrons. The molecule has 1 aromatic carbocycles. The Morgan fingerprint density at radius 3 is 2.83 bits per heavy atom. The number of hydrogen-bond acceptors (Lipinski definition) is 2. The van der Waals surface area contributed by atoms with Crippen LogP contribution in [0.15, 0.2) is 53.3 Å². The first-order valence-electron chi connectivity index (χ1n) is 5.55. The van der Waals surface area contributed by atoms with Crippen LogP contribution in [0, 0.1) is 0 Å². The van der Waals surface area contributed by atoms with Crippen LogP contribution in [0.3, 0.4) is 0 Å². The fourth-order valence-electron chi connectivity index (χ4n) is 1.89. The maximum Gasteiger partial charge on any atom is 0.141 e. The molecule has 0 N–H and O–H groups in total. The molecular weight excluding hydrogens is 292 g/mol. The van der Waals surface area contributed by atoms with Crippen molar-refractivity contribution in [2.24, 2.45) is 0 Å². The monoisotopic (exact) mass is 302 g/mol. The van der Waals surface area contributed by atoms with Crippen LogP contribution in [0.25, 0.3) is 16.9 Å². The fraction of sp³-hybridized carbons (Fsp3) is 0.0714. The van der Waals surface area contributed by atoms with Crippen molar-refractivity contribution in [3.05, 3.63) is 53.3 Å². The molecule has 0 atom stereocenters. The molecule has 0 spiro atoms. The van der Waals surface area contributed by atoms with Crippen molar-refractivity contribution in [2.75, 3.05) is 7.11 Å². The van der Waals surface area contributed by atoms with Gasteiger partial charge in [0.15, 0.2) is 0 Å². The molecule has 2 heterocycles. The molecule has 0 radical (unpaired) electrons. The van der Waals surface area contributed by atoms with Crippen LogP contribution in [0.2, 0.25) is 0 Å². The van der Waals surface area contributed by atoms with Gasteiger partial charge in [0.2, 0.25) is 0 Å². The van der Waals surface area contributed by atoms with Gasteiger partial charge in [-0.1, -0.05) is 34.1 Å². The van der Waals surface area contributed by atoms with Gasteiger partial charge in [0.1, 0.15) is 11.4 Å². The summed E-state index contributed by atoms with van der Waals surface area (Å²) in [4.78, 5) is 4.61. The Morgan fingerprint density at radius 2 is 2.06 bits per heavy atom. The van der Waals surface area contributed by atoms with E-state index in [-0.39, 0.29) is 0 Å². The average molecular weight is 303 g/mol. The van der Waals surface area contributed by atoms with Crippen LogP contribution in [0.5, 0.6) is 5.75 Å². The Bertz CT molecular complexity index is 706. The summed E-state index contributed by atoms with van der Waals surface area (Å²) in [6, 6.07) is 11.9. The standard InChI is InChI=1S/C14H11BrN2O/c1-18-10-6-7-17-9-13(16-14(17)8-10)11-4-2-3-5-12(11)15/h2-9H,1H3. The minimum atomic E-state index is 0.812. The first-order valence-corrected chi connectivity index (χ1v) is 6.35. The Morgan fingerprint density at radius 1 is 1.22 bits per heavy atom. The number of methoxy groups -OCH3 is 1. The van der Waals surface area contributed by atoms with Gasteiger partial charge >= 0.3 is 0 Å². The Labute approximate surface area is 113 Å². The van der Waals surface area contributed by atoms with Crippen molar-refractivity contribution >= 4 is 21.6 Å². The summed E-state index contributed by atoms with van der Waals surface area (Å²) in [5.41, 5.74) is 2.90. The highest BCUT2D eigenvalue weighted by Gasteiger charge is 2.07. The van der Waals surface area contributed by atoms with Crippen molar-refractivity contribution in [2.45, 2.75) is 0 Å². The van der Waals surface area contributed by atoms with Crippen LogP contribution in [-0.2, 0) is 0 Å². The van der Waals surface area contributed by atoms with Gasteiger partial charge in [-0.3, -0.25) is 0 Å². The van der Waals surface area contributed by atoms with E-state index in [0.717, 1.165) is 27.1 Å². The van der Waals surface area contributed by atoms with E-state index in [4.69, 9.17) is 4.74 Å². The van der Waals surface area contributed by atoms with Gasteiger partial charge in [-0.2, -0.15) is 0 Å². The van der Waals surface area contributed by atoms with Gasteiger partial charge in [0.05, 0.1) is 12.8 Å². The molecule has 0 unspecified atom stereocenters. The predicted molar refractivity (Wildman–Crippen MR) is 74.9 cm³/mol. The van der Waals surface area contributed by atoms with Crippen molar-refractivity contribution < 1.29 is 4.74 Å². The third-order valence-electron chi connectivity index (χ3n) is 2.82. The molecule has 2 aromatic heterocycles. The topological polar surface area (TPSA) is 26.5 Å². The first-order chi connectivity index (χ1) is 8.78. The molecule has 0 saturated carbocycles. The van der Waals surface area contributed by atoms with Crippen LogP contribution in [0.4, 0.5) is 0 Å². The van der Waals surface area contributed by atoms with E-state index < -0.39 is 0 Å². The van der Waals surface area contributed by atoms with Gasteiger partial charge in [-0.05, 0) is 12.1 Å².